The maximum atomic E-state index is 12.3. The van der Waals surface area contributed by atoms with Crippen LogP contribution >= 0.6 is 0 Å². The van der Waals surface area contributed by atoms with Crippen molar-refractivity contribution in [3.05, 3.63) is 41.5 Å². The topological polar surface area (TPSA) is 63.1 Å². The Kier molecular flexibility index (Phi) is 4.32. The van der Waals surface area contributed by atoms with E-state index in [1.807, 2.05) is 43.9 Å². The number of hydrogen-bond acceptors (Lipinski definition) is 4. The fourth-order valence-electron chi connectivity index (χ4n) is 2.90. The Morgan fingerprint density at radius 2 is 2.00 bits per heavy atom. The van der Waals surface area contributed by atoms with Crippen molar-refractivity contribution in [2.45, 2.75) is 32.7 Å². The number of rotatable bonds is 3. The Labute approximate surface area is 136 Å². The van der Waals surface area contributed by atoms with Gasteiger partial charge in [0.2, 0.25) is 5.95 Å². The first-order chi connectivity index (χ1) is 11.0. The Bertz CT molecular complexity index is 701. The van der Waals surface area contributed by atoms with Gasteiger partial charge in [-0.25, -0.2) is 9.97 Å². The third-order valence-corrected chi connectivity index (χ3v) is 4.49. The predicted molar refractivity (Wildman–Crippen MR) is 89.6 cm³/mol. The van der Waals surface area contributed by atoms with Crippen LogP contribution in [-0.2, 0) is 7.05 Å². The van der Waals surface area contributed by atoms with E-state index in [4.69, 9.17) is 0 Å². The molecule has 2 aromatic rings. The second kappa shape index (κ2) is 6.40. The third-order valence-electron chi connectivity index (χ3n) is 4.49. The molecule has 6 heteroatoms. The van der Waals surface area contributed by atoms with E-state index in [9.17, 15) is 4.79 Å². The lowest BCUT2D eigenvalue weighted by molar-refractivity contribution is 0.0925. The zero-order chi connectivity index (χ0) is 16.4. The minimum atomic E-state index is -0.0801. The summed E-state index contributed by atoms with van der Waals surface area (Å²) in [6.07, 6.45) is 5.61. The number of piperidine rings is 1. The van der Waals surface area contributed by atoms with Gasteiger partial charge < -0.3 is 14.8 Å². The van der Waals surface area contributed by atoms with Crippen LogP contribution in [0.25, 0.3) is 0 Å². The summed E-state index contributed by atoms with van der Waals surface area (Å²) in [6, 6.07) is 3.93. The van der Waals surface area contributed by atoms with Gasteiger partial charge in [0.15, 0.2) is 0 Å². The van der Waals surface area contributed by atoms with Crippen molar-refractivity contribution < 1.29 is 4.79 Å². The van der Waals surface area contributed by atoms with Gasteiger partial charge in [0.25, 0.3) is 5.91 Å². The fraction of sp³-hybridized carbons (Fsp3) is 0.471. The molecule has 1 saturated heterocycles. The maximum absolute atomic E-state index is 12.3. The van der Waals surface area contributed by atoms with Gasteiger partial charge in [-0.2, -0.15) is 0 Å². The normalized spacial score (nSPS) is 15.7. The van der Waals surface area contributed by atoms with Crippen LogP contribution in [0.3, 0.4) is 0 Å². The summed E-state index contributed by atoms with van der Waals surface area (Å²) >= 11 is 0. The van der Waals surface area contributed by atoms with Crippen LogP contribution in [-0.4, -0.2) is 39.6 Å². The molecule has 1 N–H and O–H groups in total. The number of carbonyl (C=O) groups is 1. The standard InChI is InChI=1S/C17H23N5O/c1-12-4-5-15(19-13(12)2)16(23)20-14-6-9-22(10-7-14)17-18-8-11-21(17)3/h4-5,8,11,14H,6-7,9-10H2,1-3H3,(H,20,23). The summed E-state index contributed by atoms with van der Waals surface area (Å²) in [5, 5.41) is 3.11. The van der Waals surface area contributed by atoms with Crippen LogP contribution in [0.15, 0.2) is 24.5 Å². The first kappa shape index (κ1) is 15.5. The average Bonchev–Trinajstić information content (AvgIpc) is 2.97. The fourth-order valence-corrected chi connectivity index (χ4v) is 2.90. The highest BCUT2D eigenvalue weighted by molar-refractivity contribution is 5.92. The summed E-state index contributed by atoms with van der Waals surface area (Å²) in [4.78, 5) is 23.3. The first-order valence-electron chi connectivity index (χ1n) is 8.02. The molecule has 23 heavy (non-hydrogen) atoms. The van der Waals surface area contributed by atoms with E-state index in [2.05, 4.69) is 20.2 Å². The van der Waals surface area contributed by atoms with E-state index < -0.39 is 0 Å². The quantitative estimate of drug-likeness (QED) is 0.939. The van der Waals surface area contributed by atoms with Crippen LogP contribution in [0.2, 0.25) is 0 Å². The average molecular weight is 313 g/mol. The van der Waals surface area contributed by atoms with E-state index >= 15 is 0 Å². The molecule has 122 valence electrons. The molecule has 3 heterocycles. The van der Waals surface area contributed by atoms with Gasteiger partial charge in [-0.15, -0.1) is 0 Å². The zero-order valence-corrected chi connectivity index (χ0v) is 13.9. The number of hydrogen-bond donors (Lipinski definition) is 1. The highest BCUT2D eigenvalue weighted by Crippen LogP contribution is 2.17. The Morgan fingerprint density at radius 1 is 1.26 bits per heavy atom. The molecule has 0 aromatic carbocycles. The molecule has 3 rings (SSSR count). The number of pyridine rings is 1. The zero-order valence-electron chi connectivity index (χ0n) is 13.9. The summed E-state index contributed by atoms with van der Waals surface area (Å²) in [5.41, 5.74) is 2.51. The van der Waals surface area contributed by atoms with Gasteiger partial charge >= 0.3 is 0 Å². The largest absolute Gasteiger partial charge is 0.348 e. The van der Waals surface area contributed by atoms with Gasteiger partial charge in [-0.1, -0.05) is 6.07 Å². The van der Waals surface area contributed by atoms with Gasteiger partial charge in [-0.05, 0) is 38.3 Å². The summed E-state index contributed by atoms with van der Waals surface area (Å²) in [5.74, 6) is 0.911. The Morgan fingerprint density at radius 3 is 2.61 bits per heavy atom. The molecule has 1 amide bonds. The minimum Gasteiger partial charge on any atom is -0.348 e. The van der Waals surface area contributed by atoms with E-state index in [1.54, 1.807) is 6.07 Å². The van der Waals surface area contributed by atoms with Gasteiger partial charge in [-0.3, -0.25) is 4.79 Å². The van der Waals surface area contributed by atoms with Crippen LogP contribution in [0.5, 0.6) is 0 Å². The van der Waals surface area contributed by atoms with Crippen molar-refractivity contribution >= 4 is 11.9 Å². The molecule has 0 saturated carbocycles. The number of anilines is 1. The second-order valence-electron chi connectivity index (χ2n) is 6.17. The molecule has 0 bridgehead atoms. The van der Waals surface area contributed by atoms with E-state index in [0.717, 1.165) is 43.1 Å². The van der Waals surface area contributed by atoms with Crippen LogP contribution in [0, 0.1) is 13.8 Å². The third kappa shape index (κ3) is 3.36. The number of carbonyl (C=O) groups excluding carboxylic acids is 1. The lowest BCUT2D eigenvalue weighted by atomic mass is 10.0. The molecule has 0 unspecified atom stereocenters. The number of aryl methyl sites for hydroxylation is 3. The van der Waals surface area contributed by atoms with E-state index in [0.29, 0.717) is 5.69 Å². The highest BCUT2D eigenvalue weighted by Gasteiger charge is 2.23. The van der Waals surface area contributed by atoms with Gasteiger partial charge in [0.1, 0.15) is 5.69 Å². The molecule has 0 radical (unpaired) electrons. The molecule has 2 aromatic heterocycles. The predicted octanol–water partition coefficient (Wildman–Crippen LogP) is 1.83. The van der Waals surface area contributed by atoms with E-state index in [1.165, 1.54) is 0 Å². The number of aromatic nitrogens is 3. The Hall–Kier alpha value is -2.37. The number of imidazole rings is 1. The second-order valence-corrected chi connectivity index (χ2v) is 6.17. The summed E-state index contributed by atoms with van der Waals surface area (Å²) in [6.45, 7) is 5.72. The van der Waals surface area contributed by atoms with Crippen LogP contribution < -0.4 is 10.2 Å². The van der Waals surface area contributed by atoms with Crippen molar-refractivity contribution in [3.63, 3.8) is 0 Å². The van der Waals surface area contributed by atoms with Crippen molar-refractivity contribution in [2.24, 2.45) is 7.05 Å². The van der Waals surface area contributed by atoms with Gasteiger partial charge in [0, 0.05) is 44.3 Å². The molecule has 1 aliphatic rings. The minimum absolute atomic E-state index is 0.0801. The number of nitrogens with one attached hydrogen (secondary N) is 1. The van der Waals surface area contributed by atoms with Crippen LogP contribution in [0.1, 0.15) is 34.6 Å². The number of amides is 1. The molecule has 1 aliphatic heterocycles. The van der Waals surface area contributed by atoms with Crippen LogP contribution in [0.4, 0.5) is 5.95 Å². The SMILES string of the molecule is Cc1ccc(C(=O)NC2CCN(c3nccn3C)CC2)nc1C. The van der Waals surface area contributed by atoms with E-state index in [-0.39, 0.29) is 11.9 Å². The van der Waals surface area contributed by atoms with Crippen molar-refractivity contribution in [1.29, 1.82) is 0 Å². The lowest BCUT2D eigenvalue weighted by Gasteiger charge is -2.32. The molecule has 0 aliphatic carbocycles. The molecule has 6 nitrogen and oxygen atoms in total. The van der Waals surface area contributed by atoms with Crippen molar-refractivity contribution in [1.82, 2.24) is 19.9 Å². The number of nitrogens with zero attached hydrogens (tertiary/aromatic N) is 4. The molecule has 1 fully saturated rings. The summed E-state index contributed by atoms with van der Waals surface area (Å²) < 4.78 is 2.03. The van der Waals surface area contributed by atoms with Gasteiger partial charge in [0.05, 0.1) is 0 Å². The summed E-state index contributed by atoms with van der Waals surface area (Å²) in [7, 11) is 2.00. The lowest BCUT2D eigenvalue weighted by Crippen LogP contribution is -2.45. The maximum Gasteiger partial charge on any atom is 0.270 e. The molecule has 0 atom stereocenters. The smallest absolute Gasteiger partial charge is 0.270 e. The first-order valence-corrected chi connectivity index (χ1v) is 8.02. The highest BCUT2D eigenvalue weighted by atomic mass is 16.1. The molecular formula is C17H23N5O. The van der Waals surface area contributed by atoms with Crippen molar-refractivity contribution in [2.75, 3.05) is 18.0 Å². The Balaban J connectivity index is 1.57. The molecular weight excluding hydrogens is 290 g/mol. The van der Waals surface area contributed by atoms with Crippen molar-refractivity contribution in [3.8, 4) is 0 Å². The molecule has 0 spiro atoms. The monoisotopic (exact) mass is 313 g/mol.